The van der Waals surface area contributed by atoms with Crippen molar-refractivity contribution in [2.75, 3.05) is 20.1 Å². The molecule has 1 heterocycles. The highest BCUT2D eigenvalue weighted by Crippen LogP contribution is 2.17. The van der Waals surface area contributed by atoms with Gasteiger partial charge in [-0.1, -0.05) is 19.1 Å². The van der Waals surface area contributed by atoms with Gasteiger partial charge < -0.3 is 10.2 Å². The fourth-order valence-corrected chi connectivity index (χ4v) is 2.83. The molecule has 0 bridgehead atoms. The van der Waals surface area contributed by atoms with Crippen LogP contribution in [0.1, 0.15) is 36.5 Å². The number of likely N-dealkylation sites (tertiary alicyclic amines) is 1. The van der Waals surface area contributed by atoms with E-state index in [0.717, 1.165) is 25.9 Å². The zero-order valence-corrected chi connectivity index (χ0v) is 13.1. The van der Waals surface area contributed by atoms with Gasteiger partial charge in [-0.2, -0.15) is 0 Å². The Balaban J connectivity index is 1.90. The number of benzene rings is 1. The van der Waals surface area contributed by atoms with Crippen molar-refractivity contribution in [1.82, 2.24) is 10.2 Å². The average Bonchev–Trinajstić information content (AvgIpc) is 2.54. The van der Waals surface area contributed by atoms with Gasteiger partial charge in [-0.25, -0.2) is 4.39 Å². The first-order valence-corrected chi connectivity index (χ1v) is 7.76. The van der Waals surface area contributed by atoms with Gasteiger partial charge in [-0.05, 0) is 32.0 Å². The van der Waals surface area contributed by atoms with Crippen molar-refractivity contribution in [3.8, 4) is 0 Å². The summed E-state index contributed by atoms with van der Waals surface area (Å²) >= 11 is 0. The molecule has 2 rings (SSSR count). The minimum absolute atomic E-state index is 0.00630. The maximum atomic E-state index is 13.2. The van der Waals surface area contributed by atoms with E-state index in [-0.39, 0.29) is 18.1 Å². The molecule has 5 heteroatoms. The molecule has 4 nitrogen and oxygen atoms in total. The van der Waals surface area contributed by atoms with E-state index in [9.17, 15) is 14.0 Å². The highest BCUT2D eigenvalue weighted by Gasteiger charge is 2.25. The Kier molecular flexibility index (Phi) is 5.66. The predicted molar refractivity (Wildman–Crippen MR) is 83.2 cm³/mol. The summed E-state index contributed by atoms with van der Waals surface area (Å²) in [4.78, 5) is 26.4. The molecule has 0 aromatic heterocycles. The zero-order valence-electron chi connectivity index (χ0n) is 13.1. The molecule has 0 saturated carbocycles. The first kappa shape index (κ1) is 16.6. The van der Waals surface area contributed by atoms with Crippen molar-refractivity contribution in [2.24, 2.45) is 5.92 Å². The molecule has 1 aliphatic heterocycles. The summed E-state index contributed by atoms with van der Waals surface area (Å²) in [6, 6.07) is 6.10. The van der Waals surface area contributed by atoms with Gasteiger partial charge in [0.15, 0.2) is 5.78 Å². The molecular formula is C17H23FN2O2. The number of rotatable bonds is 5. The number of Topliss-reactive ketones (excluding diaryl/α,β-unsaturated/α-hetero) is 1. The largest absolute Gasteiger partial charge is 0.343 e. The fraction of sp³-hybridized carbons (Fsp3) is 0.529. The lowest BCUT2D eigenvalue weighted by atomic mass is 9.95. The van der Waals surface area contributed by atoms with E-state index in [1.54, 1.807) is 13.0 Å². The summed E-state index contributed by atoms with van der Waals surface area (Å²) in [6.07, 6.45) is 2.06. The molecule has 1 fully saturated rings. The van der Waals surface area contributed by atoms with E-state index in [0.29, 0.717) is 11.6 Å². The van der Waals surface area contributed by atoms with Crippen LogP contribution in [-0.2, 0) is 4.79 Å². The van der Waals surface area contributed by atoms with E-state index in [1.807, 2.05) is 11.9 Å². The Bertz CT molecular complexity index is 539. The van der Waals surface area contributed by atoms with Crippen LogP contribution in [0.25, 0.3) is 0 Å². The van der Waals surface area contributed by atoms with Gasteiger partial charge in [0.1, 0.15) is 5.82 Å². The summed E-state index contributed by atoms with van der Waals surface area (Å²) in [5.74, 6) is -1.04. The second kappa shape index (κ2) is 7.49. The van der Waals surface area contributed by atoms with Crippen LogP contribution in [0.4, 0.5) is 4.39 Å². The van der Waals surface area contributed by atoms with Crippen molar-refractivity contribution >= 4 is 11.7 Å². The molecule has 0 radical (unpaired) electrons. The Morgan fingerprint density at radius 2 is 2.05 bits per heavy atom. The van der Waals surface area contributed by atoms with E-state index < -0.39 is 11.7 Å². The average molecular weight is 306 g/mol. The zero-order chi connectivity index (χ0) is 16.1. The third-order valence-electron chi connectivity index (χ3n) is 4.29. The molecule has 1 aromatic rings. The van der Waals surface area contributed by atoms with Crippen LogP contribution in [0.2, 0.25) is 0 Å². The number of carbonyl (C=O) groups excluding carboxylic acids is 2. The second-order valence-corrected chi connectivity index (χ2v) is 5.92. The van der Waals surface area contributed by atoms with Crippen LogP contribution < -0.4 is 5.32 Å². The minimum atomic E-state index is -0.434. The molecule has 0 aliphatic carbocycles. The first-order chi connectivity index (χ1) is 10.5. The number of nitrogens with zero attached hydrogens (tertiary/aromatic N) is 1. The number of hydrogen-bond acceptors (Lipinski definition) is 3. The van der Waals surface area contributed by atoms with Crippen LogP contribution in [-0.4, -0.2) is 42.8 Å². The van der Waals surface area contributed by atoms with Crippen molar-refractivity contribution in [1.29, 1.82) is 0 Å². The van der Waals surface area contributed by atoms with E-state index in [4.69, 9.17) is 0 Å². The van der Waals surface area contributed by atoms with E-state index in [2.05, 4.69) is 5.32 Å². The fourth-order valence-electron chi connectivity index (χ4n) is 2.83. The maximum Gasteiger partial charge on any atom is 0.223 e. The molecule has 1 aliphatic rings. The Morgan fingerprint density at radius 3 is 2.64 bits per heavy atom. The Morgan fingerprint density at radius 1 is 1.36 bits per heavy atom. The van der Waals surface area contributed by atoms with Gasteiger partial charge in [0, 0.05) is 37.0 Å². The Hall–Kier alpha value is -1.75. The summed E-state index contributed by atoms with van der Waals surface area (Å²) in [5, 5.41) is 3.22. The standard InChI is InChI=1S/C17H23FN2O2/c1-12(17(22)13-4-3-5-14(18)11-13)10-16(21)20-8-6-15(19-2)7-9-20/h3-5,11-12,15,19H,6-10H2,1-2H3. The van der Waals surface area contributed by atoms with E-state index >= 15 is 0 Å². The predicted octanol–water partition coefficient (Wildman–Crippen LogP) is 2.25. The van der Waals surface area contributed by atoms with Gasteiger partial charge in [0.05, 0.1) is 0 Å². The van der Waals surface area contributed by atoms with Crippen LogP contribution in [0.5, 0.6) is 0 Å². The topological polar surface area (TPSA) is 49.4 Å². The minimum Gasteiger partial charge on any atom is -0.343 e. The van der Waals surface area contributed by atoms with Crippen LogP contribution in [0.3, 0.4) is 0 Å². The molecule has 1 saturated heterocycles. The number of hydrogen-bond donors (Lipinski definition) is 1. The summed E-state index contributed by atoms with van der Waals surface area (Å²) in [7, 11) is 1.93. The number of amides is 1. The van der Waals surface area contributed by atoms with E-state index in [1.165, 1.54) is 18.2 Å². The molecule has 1 aromatic carbocycles. The molecule has 120 valence electrons. The lowest BCUT2D eigenvalue weighted by Gasteiger charge is -2.32. The highest BCUT2D eigenvalue weighted by molar-refractivity contribution is 5.99. The Labute approximate surface area is 130 Å². The van der Waals surface area contributed by atoms with Gasteiger partial charge in [-0.3, -0.25) is 9.59 Å². The van der Waals surface area contributed by atoms with Crippen molar-refractivity contribution in [3.05, 3.63) is 35.6 Å². The van der Waals surface area contributed by atoms with Gasteiger partial charge in [0.25, 0.3) is 0 Å². The van der Waals surface area contributed by atoms with Crippen molar-refractivity contribution in [2.45, 2.75) is 32.2 Å². The van der Waals surface area contributed by atoms with Crippen LogP contribution in [0.15, 0.2) is 24.3 Å². The molecule has 1 unspecified atom stereocenters. The lowest BCUT2D eigenvalue weighted by Crippen LogP contribution is -2.44. The summed E-state index contributed by atoms with van der Waals surface area (Å²) in [5.41, 5.74) is 0.328. The SMILES string of the molecule is CNC1CCN(C(=O)CC(C)C(=O)c2cccc(F)c2)CC1. The lowest BCUT2D eigenvalue weighted by molar-refractivity contribution is -0.132. The summed E-state index contributed by atoms with van der Waals surface area (Å²) in [6.45, 7) is 3.18. The quantitative estimate of drug-likeness (QED) is 0.849. The number of nitrogens with one attached hydrogen (secondary N) is 1. The van der Waals surface area contributed by atoms with Crippen LogP contribution >= 0.6 is 0 Å². The van der Waals surface area contributed by atoms with Crippen molar-refractivity contribution < 1.29 is 14.0 Å². The molecule has 1 amide bonds. The molecular weight excluding hydrogens is 283 g/mol. The second-order valence-electron chi connectivity index (χ2n) is 5.92. The number of piperidine rings is 1. The van der Waals surface area contributed by atoms with Gasteiger partial charge in [0.2, 0.25) is 5.91 Å². The molecule has 22 heavy (non-hydrogen) atoms. The normalized spacial score (nSPS) is 17.3. The van der Waals surface area contributed by atoms with Gasteiger partial charge >= 0.3 is 0 Å². The number of carbonyl (C=O) groups is 2. The number of halogens is 1. The summed E-state index contributed by atoms with van der Waals surface area (Å²) < 4.78 is 13.2. The van der Waals surface area contributed by atoms with Gasteiger partial charge in [-0.15, -0.1) is 0 Å². The smallest absolute Gasteiger partial charge is 0.223 e. The molecule has 1 N–H and O–H groups in total. The monoisotopic (exact) mass is 306 g/mol. The molecule has 0 spiro atoms. The van der Waals surface area contributed by atoms with Crippen molar-refractivity contribution in [3.63, 3.8) is 0 Å². The highest BCUT2D eigenvalue weighted by atomic mass is 19.1. The maximum absolute atomic E-state index is 13.2. The first-order valence-electron chi connectivity index (χ1n) is 7.76. The third-order valence-corrected chi connectivity index (χ3v) is 4.29. The number of ketones is 1. The van der Waals surface area contributed by atoms with Crippen LogP contribution in [0, 0.1) is 11.7 Å². The third kappa shape index (κ3) is 4.13. The molecule has 1 atom stereocenters.